The highest BCUT2D eigenvalue weighted by atomic mass is 14.8. The summed E-state index contributed by atoms with van der Waals surface area (Å²) in [5.41, 5.74) is 11.4. The summed E-state index contributed by atoms with van der Waals surface area (Å²) in [6, 6.07) is 19.6. The van der Waals surface area contributed by atoms with Crippen LogP contribution in [-0.2, 0) is 0 Å². The Kier molecular flexibility index (Phi) is 8.51. The number of hydrogen-bond acceptors (Lipinski definition) is 3. The fourth-order valence-corrected chi connectivity index (χ4v) is 6.44. The van der Waals surface area contributed by atoms with Crippen molar-refractivity contribution in [2.75, 3.05) is 0 Å². The molecule has 0 bridgehead atoms. The van der Waals surface area contributed by atoms with E-state index in [-0.39, 0.29) is 0 Å². The molecule has 1 aromatic heterocycles. The van der Waals surface area contributed by atoms with E-state index in [1.807, 2.05) is 0 Å². The maximum atomic E-state index is 5.19. The molecule has 0 atom stereocenters. The van der Waals surface area contributed by atoms with Crippen molar-refractivity contribution in [3.8, 4) is 0 Å². The quantitative estimate of drug-likeness (QED) is 0.307. The SMILES string of the molecule is CC(=Nc1c(C)cccc1C1CCCCC1)c1cccc(C(C)=Nc2c(C)cccc2C2CCCCC2)n1. The Morgan fingerprint density at radius 2 is 0.974 bits per heavy atom. The van der Waals surface area contributed by atoms with Crippen LogP contribution < -0.4 is 0 Å². The van der Waals surface area contributed by atoms with E-state index in [2.05, 4.69) is 82.3 Å². The summed E-state index contributed by atoms with van der Waals surface area (Å²) >= 11 is 0. The van der Waals surface area contributed by atoms with Gasteiger partial charge in [-0.2, -0.15) is 0 Å². The van der Waals surface area contributed by atoms with Gasteiger partial charge in [0.1, 0.15) is 0 Å². The van der Waals surface area contributed by atoms with Crippen LogP contribution in [0.15, 0.2) is 64.6 Å². The van der Waals surface area contributed by atoms with Gasteiger partial charge in [-0.3, -0.25) is 9.98 Å². The second-order valence-electron chi connectivity index (χ2n) is 11.5. The van der Waals surface area contributed by atoms with Crippen molar-refractivity contribution in [1.29, 1.82) is 0 Å². The number of para-hydroxylation sites is 2. The lowest BCUT2D eigenvalue weighted by atomic mass is 9.82. The highest BCUT2D eigenvalue weighted by Crippen LogP contribution is 2.40. The van der Waals surface area contributed by atoms with Gasteiger partial charge in [-0.15, -0.1) is 0 Å². The highest BCUT2D eigenvalue weighted by molar-refractivity contribution is 6.02. The van der Waals surface area contributed by atoms with Crippen LogP contribution in [0.5, 0.6) is 0 Å². The molecule has 3 aromatic rings. The van der Waals surface area contributed by atoms with E-state index in [1.54, 1.807) is 0 Å². The molecule has 198 valence electrons. The van der Waals surface area contributed by atoms with Crippen LogP contribution in [0.2, 0.25) is 0 Å². The van der Waals surface area contributed by atoms with Crippen LogP contribution in [0, 0.1) is 13.8 Å². The minimum absolute atomic E-state index is 0.622. The Morgan fingerprint density at radius 1 is 0.579 bits per heavy atom. The molecule has 3 heteroatoms. The van der Waals surface area contributed by atoms with Gasteiger partial charge in [0.05, 0.1) is 34.2 Å². The summed E-state index contributed by atoms with van der Waals surface area (Å²) in [6.45, 7) is 8.56. The summed E-state index contributed by atoms with van der Waals surface area (Å²) in [5, 5.41) is 0. The van der Waals surface area contributed by atoms with Gasteiger partial charge < -0.3 is 0 Å². The van der Waals surface area contributed by atoms with Crippen molar-refractivity contribution in [1.82, 2.24) is 4.98 Å². The number of aromatic nitrogens is 1. The molecule has 2 fully saturated rings. The van der Waals surface area contributed by atoms with E-state index in [0.29, 0.717) is 11.8 Å². The number of benzene rings is 2. The maximum Gasteiger partial charge on any atom is 0.0849 e. The molecule has 3 nitrogen and oxygen atoms in total. The molecule has 0 saturated heterocycles. The zero-order valence-electron chi connectivity index (χ0n) is 23.8. The van der Waals surface area contributed by atoms with Gasteiger partial charge in [-0.25, -0.2) is 4.98 Å². The van der Waals surface area contributed by atoms with Crippen molar-refractivity contribution in [2.45, 2.75) is 104 Å². The zero-order chi connectivity index (χ0) is 26.5. The first kappa shape index (κ1) is 26.5. The third kappa shape index (κ3) is 5.98. The van der Waals surface area contributed by atoms with E-state index in [1.165, 1.54) is 86.5 Å². The van der Waals surface area contributed by atoms with Crippen molar-refractivity contribution in [3.63, 3.8) is 0 Å². The number of pyridine rings is 1. The molecule has 5 rings (SSSR count). The predicted molar refractivity (Wildman–Crippen MR) is 162 cm³/mol. The predicted octanol–water partition coefficient (Wildman–Crippen LogP) is 10.1. The van der Waals surface area contributed by atoms with Crippen molar-refractivity contribution < 1.29 is 0 Å². The van der Waals surface area contributed by atoms with Crippen LogP contribution in [0.25, 0.3) is 0 Å². The van der Waals surface area contributed by atoms with Gasteiger partial charge in [0, 0.05) is 0 Å². The Balaban J connectivity index is 1.46. The average molecular weight is 506 g/mol. The average Bonchev–Trinajstić information content (AvgIpc) is 2.96. The van der Waals surface area contributed by atoms with Crippen molar-refractivity contribution in [3.05, 3.63) is 88.2 Å². The largest absolute Gasteiger partial charge is 0.251 e. The monoisotopic (exact) mass is 505 g/mol. The molecule has 38 heavy (non-hydrogen) atoms. The highest BCUT2D eigenvalue weighted by Gasteiger charge is 2.21. The number of nitrogens with zero attached hydrogens (tertiary/aromatic N) is 3. The minimum Gasteiger partial charge on any atom is -0.251 e. The Labute approximate surface area is 229 Å². The van der Waals surface area contributed by atoms with E-state index < -0.39 is 0 Å². The van der Waals surface area contributed by atoms with Gasteiger partial charge in [0.25, 0.3) is 0 Å². The lowest BCUT2D eigenvalue weighted by molar-refractivity contribution is 0.444. The Hall–Kier alpha value is -3.07. The molecule has 2 aliphatic rings. The number of aryl methyl sites for hydroxylation is 2. The lowest BCUT2D eigenvalue weighted by Crippen LogP contribution is -2.08. The molecule has 0 unspecified atom stereocenters. The molecule has 0 spiro atoms. The topological polar surface area (TPSA) is 37.6 Å². The molecular formula is C35H43N3. The van der Waals surface area contributed by atoms with Gasteiger partial charge in [-0.05, 0) is 99.6 Å². The molecule has 2 saturated carbocycles. The first-order valence-corrected chi connectivity index (χ1v) is 14.8. The molecule has 0 amide bonds. The van der Waals surface area contributed by atoms with Gasteiger partial charge >= 0.3 is 0 Å². The zero-order valence-corrected chi connectivity index (χ0v) is 23.8. The van der Waals surface area contributed by atoms with Crippen LogP contribution in [0.4, 0.5) is 11.4 Å². The Morgan fingerprint density at radius 3 is 1.39 bits per heavy atom. The standard InChI is InChI=1S/C35H43N3/c1-24-14-11-20-30(28-16-7-5-8-17-28)34(24)36-26(3)32-22-13-23-33(38-32)27(4)37-35-25(2)15-12-21-31(35)29-18-9-6-10-19-29/h11-15,20-23,28-29H,5-10,16-19H2,1-4H3. The van der Waals surface area contributed by atoms with Crippen molar-refractivity contribution in [2.24, 2.45) is 9.98 Å². The second kappa shape index (κ2) is 12.2. The Bertz CT molecular complexity index is 1220. The summed E-state index contributed by atoms with van der Waals surface area (Å²) in [7, 11) is 0. The smallest absolute Gasteiger partial charge is 0.0849 e. The van der Waals surface area contributed by atoms with Crippen LogP contribution >= 0.6 is 0 Å². The first-order chi connectivity index (χ1) is 18.5. The fraction of sp³-hybridized carbons (Fsp3) is 0.457. The van der Waals surface area contributed by atoms with Crippen LogP contribution in [0.3, 0.4) is 0 Å². The van der Waals surface area contributed by atoms with Crippen molar-refractivity contribution >= 4 is 22.8 Å². The molecule has 0 aliphatic heterocycles. The molecule has 2 aromatic carbocycles. The summed E-state index contributed by atoms with van der Waals surface area (Å²) in [6.07, 6.45) is 13.1. The molecule has 0 N–H and O–H groups in total. The summed E-state index contributed by atoms with van der Waals surface area (Å²) in [4.78, 5) is 15.4. The maximum absolute atomic E-state index is 5.19. The van der Waals surface area contributed by atoms with Gasteiger partial charge in [-0.1, -0.05) is 81.0 Å². The molecule has 0 radical (unpaired) electrons. The number of aliphatic imine (C=N–C) groups is 2. The second-order valence-corrected chi connectivity index (χ2v) is 11.5. The van der Waals surface area contributed by atoms with E-state index in [0.717, 1.165) is 34.2 Å². The van der Waals surface area contributed by atoms with E-state index in [9.17, 15) is 0 Å². The summed E-state index contributed by atoms with van der Waals surface area (Å²) < 4.78 is 0. The minimum atomic E-state index is 0.622. The third-order valence-electron chi connectivity index (χ3n) is 8.68. The lowest BCUT2D eigenvalue weighted by Gasteiger charge is -2.24. The normalized spacial score (nSPS) is 18.1. The molecule has 1 heterocycles. The fourth-order valence-electron chi connectivity index (χ4n) is 6.44. The van der Waals surface area contributed by atoms with E-state index >= 15 is 0 Å². The number of hydrogen-bond donors (Lipinski definition) is 0. The van der Waals surface area contributed by atoms with Crippen LogP contribution in [-0.4, -0.2) is 16.4 Å². The van der Waals surface area contributed by atoms with Gasteiger partial charge in [0.2, 0.25) is 0 Å². The number of rotatable bonds is 6. The van der Waals surface area contributed by atoms with E-state index in [4.69, 9.17) is 15.0 Å². The molecule has 2 aliphatic carbocycles. The molecular weight excluding hydrogens is 462 g/mol. The van der Waals surface area contributed by atoms with Gasteiger partial charge in [0.15, 0.2) is 0 Å². The van der Waals surface area contributed by atoms with Crippen LogP contribution in [0.1, 0.15) is 124 Å². The first-order valence-electron chi connectivity index (χ1n) is 14.8. The summed E-state index contributed by atoms with van der Waals surface area (Å²) in [5.74, 6) is 1.24. The third-order valence-corrected chi connectivity index (χ3v) is 8.68.